The van der Waals surface area contributed by atoms with Crippen LogP contribution in [-0.2, 0) is 6.54 Å². The molecule has 0 atom stereocenters. The summed E-state index contributed by atoms with van der Waals surface area (Å²) in [4.78, 5) is 14.6. The Hall–Kier alpha value is -2.60. The largest absolute Gasteiger partial charge is 0.491 e. The maximum atomic E-state index is 13.0. The molecule has 1 saturated heterocycles. The van der Waals surface area contributed by atoms with Crippen molar-refractivity contribution < 1.29 is 13.9 Å². The van der Waals surface area contributed by atoms with Gasteiger partial charge in [0, 0.05) is 31.4 Å². The number of carbonyl (C=O) groups is 1. The smallest absolute Gasteiger partial charge is 0.319 e. The number of rotatable bonds is 6. The van der Waals surface area contributed by atoms with Crippen LogP contribution in [0.4, 0.5) is 14.9 Å². The zero-order chi connectivity index (χ0) is 19.9. The summed E-state index contributed by atoms with van der Waals surface area (Å²) in [6.45, 7) is 6.58. The number of nitrogens with one attached hydrogen (secondary N) is 2. The third-order valence-electron chi connectivity index (χ3n) is 4.73. The molecule has 2 amide bonds. The monoisotopic (exact) mass is 385 g/mol. The highest BCUT2D eigenvalue weighted by Crippen LogP contribution is 2.18. The molecule has 0 saturated carbocycles. The molecule has 5 nitrogen and oxygen atoms in total. The van der Waals surface area contributed by atoms with Gasteiger partial charge in [0.2, 0.25) is 0 Å². The van der Waals surface area contributed by atoms with E-state index in [9.17, 15) is 9.18 Å². The topological polar surface area (TPSA) is 53.6 Å². The number of carbonyl (C=O) groups excluding carboxylic acids is 1. The van der Waals surface area contributed by atoms with E-state index in [0.29, 0.717) is 0 Å². The number of amides is 2. The molecule has 0 aliphatic carbocycles. The molecule has 2 aromatic rings. The van der Waals surface area contributed by atoms with Crippen LogP contribution in [0.3, 0.4) is 0 Å². The fourth-order valence-corrected chi connectivity index (χ4v) is 3.33. The lowest BCUT2D eigenvalue weighted by Crippen LogP contribution is -2.45. The van der Waals surface area contributed by atoms with Crippen LogP contribution in [0.15, 0.2) is 48.5 Å². The summed E-state index contributed by atoms with van der Waals surface area (Å²) in [6, 6.07) is 14.0. The van der Waals surface area contributed by atoms with Gasteiger partial charge in [-0.1, -0.05) is 12.1 Å². The first kappa shape index (κ1) is 20.1. The number of nitrogens with zero attached hydrogens (tertiary/aromatic N) is 1. The summed E-state index contributed by atoms with van der Waals surface area (Å²) in [6.07, 6.45) is 1.92. The molecule has 6 heteroatoms. The quantitative estimate of drug-likeness (QED) is 0.775. The molecule has 1 aliphatic rings. The number of hydrogen-bond donors (Lipinski definition) is 2. The van der Waals surface area contributed by atoms with Gasteiger partial charge in [0.15, 0.2) is 0 Å². The molecule has 28 heavy (non-hydrogen) atoms. The van der Waals surface area contributed by atoms with E-state index in [4.69, 9.17) is 4.74 Å². The molecule has 1 aliphatic heterocycles. The van der Waals surface area contributed by atoms with Crippen molar-refractivity contribution >= 4 is 11.7 Å². The Morgan fingerprint density at radius 2 is 1.75 bits per heavy atom. The van der Waals surface area contributed by atoms with E-state index in [1.165, 1.54) is 12.1 Å². The van der Waals surface area contributed by atoms with Gasteiger partial charge in [-0.05, 0) is 68.7 Å². The highest BCUT2D eigenvalue weighted by atomic mass is 19.1. The molecular weight excluding hydrogens is 357 g/mol. The molecule has 1 fully saturated rings. The third-order valence-corrected chi connectivity index (χ3v) is 4.73. The van der Waals surface area contributed by atoms with Gasteiger partial charge in [-0.3, -0.25) is 4.90 Å². The number of anilines is 1. The van der Waals surface area contributed by atoms with Gasteiger partial charge >= 0.3 is 6.03 Å². The second-order valence-electron chi connectivity index (χ2n) is 7.47. The number of halogens is 1. The Kier molecular flexibility index (Phi) is 6.87. The van der Waals surface area contributed by atoms with Gasteiger partial charge in [0.25, 0.3) is 0 Å². The van der Waals surface area contributed by atoms with Crippen molar-refractivity contribution in [1.82, 2.24) is 10.2 Å². The van der Waals surface area contributed by atoms with Crippen LogP contribution in [0, 0.1) is 5.82 Å². The molecule has 0 bridgehead atoms. The number of hydrogen-bond acceptors (Lipinski definition) is 3. The van der Waals surface area contributed by atoms with Crippen LogP contribution in [0.1, 0.15) is 32.3 Å². The van der Waals surface area contributed by atoms with E-state index < -0.39 is 0 Å². The van der Waals surface area contributed by atoms with Crippen molar-refractivity contribution in [2.45, 2.75) is 45.4 Å². The normalized spacial score (nSPS) is 15.4. The summed E-state index contributed by atoms with van der Waals surface area (Å²) in [7, 11) is 0. The molecule has 3 rings (SSSR count). The van der Waals surface area contributed by atoms with Crippen LogP contribution >= 0.6 is 0 Å². The minimum Gasteiger partial charge on any atom is -0.491 e. The zero-order valence-electron chi connectivity index (χ0n) is 16.5. The number of benzene rings is 2. The first-order valence-electron chi connectivity index (χ1n) is 9.79. The average Bonchev–Trinajstić information content (AvgIpc) is 2.66. The van der Waals surface area contributed by atoms with Crippen molar-refractivity contribution in [3.05, 3.63) is 59.9 Å². The zero-order valence-corrected chi connectivity index (χ0v) is 16.5. The predicted octanol–water partition coefficient (Wildman–Crippen LogP) is 4.40. The fourth-order valence-electron chi connectivity index (χ4n) is 3.33. The van der Waals surface area contributed by atoms with Gasteiger partial charge in [-0.2, -0.15) is 0 Å². The van der Waals surface area contributed by atoms with E-state index >= 15 is 0 Å². The van der Waals surface area contributed by atoms with Gasteiger partial charge in [0.1, 0.15) is 11.6 Å². The maximum Gasteiger partial charge on any atom is 0.319 e. The Labute approximate surface area is 165 Å². The minimum absolute atomic E-state index is 0.121. The summed E-state index contributed by atoms with van der Waals surface area (Å²) in [5, 5.41) is 5.92. The third kappa shape index (κ3) is 6.23. The lowest BCUT2D eigenvalue weighted by molar-refractivity contribution is 0.190. The van der Waals surface area contributed by atoms with Crippen molar-refractivity contribution in [2.75, 3.05) is 18.4 Å². The van der Waals surface area contributed by atoms with E-state index in [-0.39, 0.29) is 24.0 Å². The number of likely N-dealkylation sites (tertiary alicyclic amines) is 1. The van der Waals surface area contributed by atoms with Crippen LogP contribution < -0.4 is 15.4 Å². The standard InChI is InChI=1S/C22H28FN3O2/c1-16(2)28-21-9-7-19(8-10-21)24-22(27)25-20-11-13-26(14-12-20)15-17-3-5-18(23)6-4-17/h3-10,16,20H,11-15H2,1-2H3,(H2,24,25,27). The van der Waals surface area contributed by atoms with Crippen LogP contribution in [0.5, 0.6) is 5.75 Å². The summed E-state index contributed by atoms with van der Waals surface area (Å²) in [5.74, 6) is 0.578. The van der Waals surface area contributed by atoms with Crippen molar-refractivity contribution in [2.24, 2.45) is 0 Å². The molecule has 150 valence electrons. The number of ether oxygens (including phenoxy) is 1. The molecule has 0 spiro atoms. The molecule has 2 N–H and O–H groups in total. The number of piperidine rings is 1. The van der Waals surface area contributed by atoms with Gasteiger partial charge < -0.3 is 15.4 Å². The molecule has 0 unspecified atom stereocenters. The highest BCUT2D eigenvalue weighted by Gasteiger charge is 2.20. The second kappa shape index (κ2) is 9.55. The van der Waals surface area contributed by atoms with Crippen LogP contribution in [0.2, 0.25) is 0 Å². The lowest BCUT2D eigenvalue weighted by Gasteiger charge is -2.32. The van der Waals surface area contributed by atoms with E-state index in [1.807, 2.05) is 50.2 Å². The van der Waals surface area contributed by atoms with Crippen molar-refractivity contribution in [3.63, 3.8) is 0 Å². The fraction of sp³-hybridized carbons (Fsp3) is 0.409. The summed E-state index contributed by atoms with van der Waals surface area (Å²) >= 11 is 0. The average molecular weight is 385 g/mol. The Balaban J connectivity index is 1.40. The molecule has 2 aromatic carbocycles. The molecule has 1 heterocycles. The highest BCUT2D eigenvalue weighted by molar-refractivity contribution is 5.89. The maximum absolute atomic E-state index is 13.0. The van der Waals surface area contributed by atoms with E-state index in [1.54, 1.807) is 0 Å². The second-order valence-corrected chi connectivity index (χ2v) is 7.47. The lowest BCUT2D eigenvalue weighted by atomic mass is 10.0. The predicted molar refractivity (Wildman–Crippen MR) is 109 cm³/mol. The SMILES string of the molecule is CC(C)Oc1ccc(NC(=O)NC2CCN(Cc3ccc(F)cc3)CC2)cc1. The van der Waals surface area contributed by atoms with Crippen LogP contribution in [0.25, 0.3) is 0 Å². The Bertz CT molecular complexity index is 754. The van der Waals surface area contributed by atoms with Gasteiger partial charge in [-0.15, -0.1) is 0 Å². The van der Waals surface area contributed by atoms with Crippen molar-refractivity contribution in [1.29, 1.82) is 0 Å². The van der Waals surface area contributed by atoms with Gasteiger partial charge in [-0.25, -0.2) is 9.18 Å². The molecule has 0 radical (unpaired) electrons. The minimum atomic E-state index is -0.209. The number of urea groups is 1. The van der Waals surface area contributed by atoms with E-state index in [0.717, 1.165) is 49.5 Å². The Morgan fingerprint density at radius 3 is 2.36 bits per heavy atom. The molecular formula is C22H28FN3O2. The first-order valence-corrected chi connectivity index (χ1v) is 9.79. The van der Waals surface area contributed by atoms with Gasteiger partial charge in [0.05, 0.1) is 6.10 Å². The first-order chi connectivity index (χ1) is 13.5. The Morgan fingerprint density at radius 1 is 1.11 bits per heavy atom. The van der Waals surface area contributed by atoms with E-state index in [2.05, 4.69) is 15.5 Å². The van der Waals surface area contributed by atoms with Crippen LogP contribution in [-0.4, -0.2) is 36.2 Å². The van der Waals surface area contributed by atoms with Crippen molar-refractivity contribution in [3.8, 4) is 5.75 Å². The summed E-state index contributed by atoms with van der Waals surface area (Å²) in [5.41, 5.74) is 1.85. The molecule has 0 aromatic heterocycles. The summed E-state index contributed by atoms with van der Waals surface area (Å²) < 4.78 is 18.6.